The van der Waals surface area contributed by atoms with Crippen LogP contribution < -0.4 is 0 Å². The van der Waals surface area contributed by atoms with Gasteiger partial charge in [0.25, 0.3) is 0 Å². The minimum atomic E-state index is -4.20. The van der Waals surface area contributed by atoms with Crippen LogP contribution in [-0.4, -0.2) is 46.6 Å². The van der Waals surface area contributed by atoms with Gasteiger partial charge in [0.15, 0.2) is 0 Å². The maximum atomic E-state index is 13.2. The number of likely N-dealkylation sites (tertiary alicyclic amines) is 2. The molecule has 0 radical (unpaired) electrons. The molecule has 1 atom stereocenters. The maximum Gasteiger partial charge on any atom is 0.393 e. The summed E-state index contributed by atoms with van der Waals surface area (Å²) < 4.78 is 38.0. The molecule has 3 aliphatic rings. The van der Waals surface area contributed by atoms with Crippen molar-refractivity contribution in [3.63, 3.8) is 0 Å². The monoisotopic (exact) mass is 366 g/mol. The molecule has 1 aromatic rings. The summed E-state index contributed by atoms with van der Waals surface area (Å²) in [5.74, 6) is 0.259. The number of carbonyl (C=O) groups is 1. The molecule has 142 valence electrons. The van der Waals surface area contributed by atoms with Gasteiger partial charge in [0.05, 0.1) is 6.42 Å². The minimum absolute atomic E-state index is 0.259. The van der Waals surface area contributed by atoms with E-state index in [0.29, 0.717) is 12.6 Å². The van der Waals surface area contributed by atoms with E-state index in [0.717, 1.165) is 57.2 Å². The Hall–Kier alpha value is -1.56. The van der Waals surface area contributed by atoms with Gasteiger partial charge in [0.2, 0.25) is 5.91 Å². The summed E-state index contributed by atoms with van der Waals surface area (Å²) in [4.78, 5) is 17.5. The van der Waals surface area contributed by atoms with Crippen LogP contribution in [-0.2, 0) is 17.8 Å². The number of hydrogen-bond donors (Lipinski definition) is 0. The average Bonchev–Trinajstić information content (AvgIpc) is 3.33. The van der Waals surface area contributed by atoms with Gasteiger partial charge in [-0.15, -0.1) is 0 Å². The topological polar surface area (TPSA) is 23.6 Å². The summed E-state index contributed by atoms with van der Waals surface area (Å²) in [5.41, 5.74) is 0.725. The van der Waals surface area contributed by atoms with Crippen molar-refractivity contribution in [2.24, 2.45) is 0 Å². The zero-order valence-electron chi connectivity index (χ0n) is 14.9. The Balaban J connectivity index is 1.52. The number of amides is 1. The number of benzene rings is 1. The van der Waals surface area contributed by atoms with E-state index in [2.05, 4.69) is 9.80 Å². The molecule has 2 heterocycles. The quantitative estimate of drug-likeness (QED) is 0.807. The summed E-state index contributed by atoms with van der Waals surface area (Å²) in [6.07, 6.45) is 0.870. The molecular formula is C20H25F3N2O. The van der Waals surface area contributed by atoms with Crippen LogP contribution in [0.4, 0.5) is 13.2 Å². The Kier molecular flexibility index (Phi) is 4.49. The van der Waals surface area contributed by atoms with Gasteiger partial charge in [-0.1, -0.05) is 24.3 Å². The van der Waals surface area contributed by atoms with E-state index < -0.39 is 18.1 Å². The third-order valence-electron chi connectivity index (χ3n) is 6.03. The Bertz CT molecular complexity index is 686. The number of alkyl halides is 3. The first-order valence-electron chi connectivity index (χ1n) is 9.58. The fraction of sp³-hybridized carbons (Fsp3) is 0.650. The summed E-state index contributed by atoms with van der Waals surface area (Å²) in [6, 6.07) is 7.16. The lowest BCUT2D eigenvalue weighted by molar-refractivity contribution is -0.148. The van der Waals surface area contributed by atoms with Gasteiger partial charge in [-0.3, -0.25) is 9.69 Å². The van der Waals surface area contributed by atoms with Crippen molar-refractivity contribution in [1.82, 2.24) is 9.80 Å². The second-order valence-electron chi connectivity index (χ2n) is 8.00. The van der Waals surface area contributed by atoms with Crippen LogP contribution in [0.15, 0.2) is 24.3 Å². The third-order valence-corrected chi connectivity index (χ3v) is 6.03. The number of carbonyl (C=O) groups excluding carboxylic acids is 1. The first-order chi connectivity index (χ1) is 12.4. The number of nitrogens with zero attached hydrogens (tertiary/aromatic N) is 2. The van der Waals surface area contributed by atoms with E-state index in [1.54, 1.807) is 12.1 Å². The van der Waals surface area contributed by atoms with Crippen LogP contribution in [0.3, 0.4) is 0 Å². The lowest BCUT2D eigenvalue weighted by Crippen LogP contribution is -2.60. The zero-order valence-corrected chi connectivity index (χ0v) is 14.9. The SMILES string of the molecule is O=C1N(C2CC2)CCCC12CCCN2Cc1cccc(CC(F)(F)F)c1. The molecule has 3 fully saturated rings. The molecule has 4 rings (SSSR count). The van der Waals surface area contributed by atoms with E-state index in [1.165, 1.54) is 6.07 Å². The molecule has 0 N–H and O–H groups in total. The predicted octanol–water partition coefficient (Wildman–Crippen LogP) is 3.91. The lowest BCUT2D eigenvalue weighted by atomic mass is 9.85. The van der Waals surface area contributed by atoms with Crippen molar-refractivity contribution in [2.75, 3.05) is 13.1 Å². The van der Waals surface area contributed by atoms with Crippen molar-refractivity contribution in [3.8, 4) is 0 Å². The van der Waals surface area contributed by atoms with Gasteiger partial charge in [-0.25, -0.2) is 0 Å². The summed E-state index contributed by atoms with van der Waals surface area (Å²) >= 11 is 0. The van der Waals surface area contributed by atoms with Crippen LogP contribution in [0.1, 0.15) is 49.7 Å². The fourth-order valence-corrected chi connectivity index (χ4v) is 4.73. The highest BCUT2D eigenvalue weighted by Gasteiger charge is 2.52. The van der Waals surface area contributed by atoms with Crippen LogP contribution in [0.2, 0.25) is 0 Å². The van der Waals surface area contributed by atoms with E-state index in [9.17, 15) is 18.0 Å². The first-order valence-corrected chi connectivity index (χ1v) is 9.58. The smallest absolute Gasteiger partial charge is 0.338 e. The average molecular weight is 366 g/mol. The standard InChI is InChI=1S/C20H25F3N2O/c21-20(22,23)13-15-4-1-5-16(12-15)14-24-10-2-8-19(24)9-3-11-25(18(19)26)17-6-7-17/h1,4-5,12,17H,2-3,6-11,13-14H2. The molecule has 1 saturated carbocycles. The number of rotatable bonds is 4. The predicted molar refractivity (Wildman–Crippen MR) is 92.5 cm³/mol. The number of hydrogen-bond acceptors (Lipinski definition) is 2. The Labute approximate surface area is 152 Å². The van der Waals surface area contributed by atoms with E-state index >= 15 is 0 Å². The molecule has 3 nitrogen and oxygen atoms in total. The molecule has 1 spiro atoms. The molecule has 0 aromatic heterocycles. The molecule has 1 amide bonds. The highest BCUT2D eigenvalue weighted by Crippen LogP contribution is 2.42. The van der Waals surface area contributed by atoms with Gasteiger partial charge in [0.1, 0.15) is 5.54 Å². The third kappa shape index (κ3) is 3.48. The van der Waals surface area contributed by atoms with Crippen molar-refractivity contribution < 1.29 is 18.0 Å². The van der Waals surface area contributed by atoms with E-state index in [4.69, 9.17) is 0 Å². The van der Waals surface area contributed by atoms with Crippen molar-refractivity contribution in [1.29, 1.82) is 0 Å². The van der Waals surface area contributed by atoms with Gasteiger partial charge < -0.3 is 4.90 Å². The molecule has 0 bridgehead atoms. The normalized spacial score (nSPS) is 27.5. The summed E-state index contributed by atoms with van der Waals surface area (Å²) in [7, 11) is 0. The van der Waals surface area contributed by atoms with Crippen LogP contribution >= 0.6 is 0 Å². The molecule has 1 aliphatic carbocycles. The molecule has 1 aromatic carbocycles. The minimum Gasteiger partial charge on any atom is -0.338 e. The summed E-state index contributed by atoms with van der Waals surface area (Å²) in [6.45, 7) is 2.25. The van der Waals surface area contributed by atoms with Crippen molar-refractivity contribution in [2.45, 2.75) is 69.2 Å². The highest BCUT2D eigenvalue weighted by molar-refractivity contribution is 5.88. The van der Waals surface area contributed by atoms with Crippen molar-refractivity contribution in [3.05, 3.63) is 35.4 Å². The number of piperidine rings is 1. The zero-order chi connectivity index (χ0) is 18.4. The second kappa shape index (κ2) is 6.55. The molecule has 26 heavy (non-hydrogen) atoms. The van der Waals surface area contributed by atoms with Crippen molar-refractivity contribution >= 4 is 5.91 Å². The van der Waals surface area contributed by atoms with Gasteiger partial charge >= 0.3 is 6.18 Å². The largest absolute Gasteiger partial charge is 0.393 e. The maximum absolute atomic E-state index is 13.2. The van der Waals surface area contributed by atoms with Gasteiger partial charge in [-0.05, 0) is 56.2 Å². The summed E-state index contributed by atoms with van der Waals surface area (Å²) in [5, 5.41) is 0. The molecule has 2 aliphatic heterocycles. The fourth-order valence-electron chi connectivity index (χ4n) is 4.73. The van der Waals surface area contributed by atoms with E-state index in [1.807, 2.05) is 6.07 Å². The number of halogens is 3. The molecule has 2 saturated heterocycles. The highest BCUT2D eigenvalue weighted by atomic mass is 19.4. The second-order valence-corrected chi connectivity index (χ2v) is 8.00. The Morgan fingerprint density at radius 1 is 1.08 bits per heavy atom. The molecule has 6 heteroatoms. The molecule has 1 unspecified atom stereocenters. The lowest BCUT2D eigenvalue weighted by Gasteiger charge is -2.45. The first kappa shape index (κ1) is 17.8. The van der Waals surface area contributed by atoms with E-state index in [-0.39, 0.29) is 11.5 Å². The Morgan fingerprint density at radius 2 is 1.77 bits per heavy atom. The van der Waals surface area contributed by atoms with Crippen LogP contribution in [0.25, 0.3) is 0 Å². The van der Waals surface area contributed by atoms with Crippen LogP contribution in [0, 0.1) is 0 Å². The van der Waals surface area contributed by atoms with Crippen LogP contribution in [0.5, 0.6) is 0 Å². The Morgan fingerprint density at radius 3 is 2.46 bits per heavy atom. The molecular weight excluding hydrogens is 341 g/mol. The van der Waals surface area contributed by atoms with Gasteiger partial charge in [-0.2, -0.15) is 13.2 Å². The van der Waals surface area contributed by atoms with Gasteiger partial charge in [0, 0.05) is 19.1 Å².